The average Bonchev–Trinajstić information content (AvgIpc) is 2.67. The minimum atomic E-state index is -0.536. The number of hydrogen-bond donors (Lipinski definition) is 1. The monoisotopic (exact) mass is 385 g/mol. The number of carbonyl (C=O) groups excluding carboxylic acids is 1. The molecular weight excluding hydrogens is 354 g/mol. The molecule has 0 aliphatic rings. The van der Waals surface area contributed by atoms with E-state index in [1.54, 1.807) is 7.11 Å². The van der Waals surface area contributed by atoms with Crippen LogP contribution in [0, 0.1) is 13.8 Å². The summed E-state index contributed by atoms with van der Waals surface area (Å²) in [4.78, 5) is 12.6. The van der Waals surface area contributed by atoms with Crippen molar-refractivity contribution in [1.29, 1.82) is 0 Å². The van der Waals surface area contributed by atoms with Gasteiger partial charge in [-0.05, 0) is 69.0 Å². The lowest BCUT2D eigenvalue weighted by Gasteiger charge is -2.19. The summed E-state index contributed by atoms with van der Waals surface area (Å²) in [6.45, 7) is 10.3. The summed E-state index contributed by atoms with van der Waals surface area (Å²) in [7, 11) is 1.61. The van der Waals surface area contributed by atoms with Crippen LogP contribution >= 0.6 is 0 Å². The van der Waals surface area contributed by atoms with Crippen molar-refractivity contribution in [2.24, 2.45) is 0 Å². The van der Waals surface area contributed by atoms with Gasteiger partial charge in [-0.2, -0.15) is 0 Å². The van der Waals surface area contributed by atoms with E-state index < -0.39 is 6.10 Å². The first-order valence-corrected chi connectivity index (χ1v) is 9.69. The first-order chi connectivity index (χ1) is 13.3. The maximum absolute atomic E-state index is 12.6. The highest BCUT2D eigenvalue weighted by atomic mass is 16.5. The Balaban J connectivity index is 2.02. The zero-order valence-corrected chi connectivity index (χ0v) is 17.7. The van der Waals surface area contributed by atoms with Crippen LogP contribution in [0.5, 0.6) is 17.2 Å². The largest absolute Gasteiger partial charge is 0.493 e. The van der Waals surface area contributed by atoms with Crippen LogP contribution in [0.4, 0.5) is 0 Å². The highest BCUT2D eigenvalue weighted by Crippen LogP contribution is 2.29. The minimum absolute atomic E-state index is 0.0620. The second-order valence-corrected chi connectivity index (χ2v) is 7.08. The summed E-state index contributed by atoms with van der Waals surface area (Å²) in [5, 5.41) is 2.96. The van der Waals surface area contributed by atoms with Crippen molar-refractivity contribution < 1.29 is 19.0 Å². The lowest BCUT2D eigenvalue weighted by atomic mass is 10.1. The molecule has 0 aromatic heterocycles. The molecule has 0 unspecified atom stereocenters. The van der Waals surface area contributed by atoms with Crippen molar-refractivity contribution in [3.8, 4) is 17.2 Å². The Morgan fingerprint density at radius 1 is 1.04 bits per heavy atom. The Morgan fingerprint density at radius 2 is 1.79 bits per heavy atom. The Labute approximate surface area is 168 Å². The maximum atomic E-state index is 12.6. The van der Waals surface area contributed by atoms with Crippen molar-refractivity contribution in [3.63, 3.8) is 0 Å². The molecule has 2 aromatic rings. The van der Waals surface area contributed by atoms with Gasteiger partial charge in [-0.3, -0.25) is 4.79 Å². The molecule has 1 amide bonds. The van der Waals surface area contributed by atoms with E-state index in [4.69, 9.17) is 14.2 Å². The molecule has 0 saturated carbocycles. The lowest BCUT2D eigenvalue weighted by Crippen LogP contribution is -2.37. The van der Waals surface area contributed by atoms with E-state index in [0.717, 1.165) is 22.4 Å². The zero-order chi connectivity index (χ0) is 20.7. The third-order valence-electron chi connectivity index (χ3n) is 4.54. The third-order valence-corrected chi connectivity index (χ3v) is 4.54. The molecule has 0 fully saturated rings. The predicted molar refractivity (Wildman–Crippen MR) is 111 cm³/mol. The summed E-state index contributed by atoms with van der Waals surface area (Å²) in [5.41, 5.74) is 3.13. The normalized spacial score (nSPS) is 11.8. The Kier molecular flexibility index (Phi) is 7.73. The zero-order valence-electron chi connectivity index (χ0n) is 17.7. The fourth-order valence-electron chi connectivity index (χ4n) is 2.80. The summed E-state index contributed by atoms with van der Waals surface area (Å²) in [6, 6.07) is 11.5. The van der Waals surface area contributed by atoms with E-state index in [1.807, 2.05) is 71.0 Å². The molecule has 152 valence electrons. The van der Waals surface area contributed by atoms with E-state index in [2.05, 4.69) is 5.32 Å². The number of ether oxygens (including phenoxy) is 3. The molecule has 2 rings (SSSR count). The average molecular weight is 386 g/mol. The smallest absolute Gasteiger partial charge is 0.261 e. The molecule has 0 radical (unpaired) electrons. The number of aryl methyl sites for hydroxylation is 1. The lowest BCUT2D eigenvalue weighted by molar-refractivity contribution is -0.128. The summed E-state index contributed by atoms with van der Waals surface area (Å²) in [6.07, 6.45) is 0.113. The molecule has 1 N–H and O–H groups in total. The van der Waals surface area contributed by atoms with Gasteiger partial charge >= 0.3 is 0 Å². The van der Waals surface area contributed by atoms with Gasteiger partial charge in [-0.15, -0.1) is 0 Å². The van der Waals surface area contributed by atoms with Gasteiger partial charge in [0, 0.05) is 6.54 Å². The molecule has 5 nitrogen and oxygen atoms in total. The van der Waals surface area contributed by atoms with Crippen molar-refractivity contribution in [3.05, 3.63) is 53.1 Å². The Bertz CT molecular complexity index is 801. The van der Waals surface area contributed by atoms with Crippen LogP contribution in [-0.4, -0.2) is 25.2 Å². The third kappa shape index (κ3) is 5.65. The van der Waals surface area contributed by atoms with Crippen molar-refractivity contribution >= 4 is 5.91 Å². The fourth-order valence-corrected chi connectivity index (χ4v) is 2.80. The van der Waals surface area contributed by atoms with E-state index in [9.17, 15) is 4.79 Å². The molecule has 28 heavy (non-hydrogen) atoms. The number of methoxy groups -OCH3 is 1. The quantitative estimate of drug-likeness (QED) is 0.687. The highest BCUT2D eigenvalue weighted by molar-refractivity contribution is 5.81. The number of hydrogen-bond acceptors (Lipinski definition) is 4. The molecule has 0 spiro atoms. The van der Waals surface area contributed by atoms with Gasteiger partial charge in [0.25, 0.3) is 5.91 Å². The minimum Gasteiger partial charge on any atom is -0.493 e. The van der Waals surface area contributed by atoms with Gasteiger partial charge in [-0.1, -0.05) is 25.1 Å². The SMILES string of the molecule is CC[C@H](Oc1cccc(C)c1C)C(=O)NCc1ccc(OC(C)C)c(OC)c1. The second-order valence-electron chi connectivity index (χ2n) is 7.08. The van der Waals surface area contributed by atoms with Gasteiger partial charge in [0.2, 0.25) is 0 Å². The number of amides is 1. The first-order valence-electron chi connectivity index (χ1n) is 9.69. The number of nitrogens with one attached hydrogen (secondary N) is 1. The summed E-state index contributed by atoms with van der Waals surface area (Å²) in [5.74, 6) is 1.96. The van der Waals surface area contributed by atoms with Crippen LogP contribution < -0.4 is 19.5 Å². The summed E-state index contributed by atoms with van der Waals surface area (Å²) < 4.78 is 17.1. The number of rotatable bonds is 9. The van der Waals surface area contributed by atoms with E-state index in [-0.39, 0.29) is 12.0 Å². The number of benzene rings is 2. The molecule has 0 heterocycles. The topological polar surface area (TPSA) is 56.8 Å². The maximum Gasteiger partial charge on any atom is 0.261 e. The van der Waals surface area contributed by atoms with Crippen LogP contribution in [0.15, 0.2) is 36.4 Å². The van der Waals surface area contributed by atoms with Crippen LogP contribution in [0.3, 0.4) is 0 Å². The van der Waals surface area contributed by atoms with E-state index >= 15 is 0 Å². The fraction of sp³-hybridized carbons (Fsp3) is 0.435. The molecule has 0 aliphatic carbocycles. The molecule has 0 aliphatic heterocycles. The first kappa shape index (κ1) is 21.6. The van der Waals surface area contributed by atoms with Gasteiger partial charge in [0.05, 0.1) is 13.2 Å². The Hall–Kier alpha value is -2.69. The van der Waals surface area contributed by atoms with Gasteiger partial charge < -0.3 is 19.5 Å². The van der Waals surface area contributed by atoms with Gasteiger partial charge in [0.15, 0.2) is 17.6 Å². The second kappa shape index (κ2) is 10.0. The molecule has 0 bridgehead atoms. The molecule has 1 atom stereocenters. The highest BCUT2D eigenvalue weighted by Gasteiger charge is 2.19. The predicted octanol–water partition coefficient (Wildman–Crippen LogP) is 4.57. The standard InChI is InChI=1S/C23H31NO4/c1-7-19(28-20-10-8-9-16(4)17(20)5)23(25)24-14-18-11-12-21(27-15(2)3)22(13-18)26-6/h8-13,15,19H,7,14H2,1-6H3,(H,24,25)/t19-/m0/s1. The van der Waals surface area contributed by atoms with Crippen molar-refractivity contribution in [2.75, 3.05) is 7.11 Å². The van der Waals surface area contributed by atoms with Crippen LogP contribution in [0.25, 0.3) is 0 Å². The van der Waals surface area contributed by atoms with Crippen molar-refractivity contribution in [1.82, 2.24) is 5.32 Å². The molecule has 0 saturated heterocycles. The van der Waals surface area contributed by atoms with E-state index in [0.29, 0.717) is 24.5 Å². The molecule has 2 aromatic carbocycles. The van der Waals surface area contributed by atoms with Gasteiger partial charge in [-0.25, -0.2) is 0 Å². The van der Waals surface area contributed by atoms with Gasteiger partial charge in [0.1, 0.15) is 5.75 Å². The summed E-state index contributed by atoms with van der Waals surface area (Å²) >= 11 is 0. The van der Waals surface area contributed by atoms with Crippen LogP contribution in [-0.2, 0) is 11.3 Å². The Morgan fingerprint density at radius 3 is 2.43 bits per heavy atom. The van der Waals surface area contributed by atoms with Crippen LogP contribution in [0.1, 0.15) is 43.9 Å². The van der Waals surface area contributed by atoms with Crippen LogP contribution in [0.2, 0.25) is 0 Å². The molecule has 5 heteroatoms. The van der Waals surface area contributed by atoms with Crippen molar-refractivity contribution in [2.45, 2.75) is 59.8 Å². The molecular formula is C23H31NO4. The number of carbonyl (C=O) groups is 1. The van der Waals surface area contributed by atoms with E-state index in [1.165, 1.54) is 0 Å².